The van der Waals surface area contributed by atoms with Gasteiger partial charge in [0.25, 0.3) is 0 Å². The van der Waals surface area contributed by atoms with Crippen molar-refractivity contribution in [3.05, 3.63) is 82.7 Å². The molecule has 4 heterocycles. The predicted octanol–water partition coefficient (Wildman–Crippen LogP) is 6.60. The summed E-state index contributed by atoms with van der Waals surface area (Å²) in [5, 5.41) is 11.9. The van der Waals surface area contributed by atoms with E-state index in [2.05, 4.69) is 50.8 Å². The lowest BCUT2D eigenvalue weighted by Crippen LogP contribution is -2.20. The van der Waals surface area contributed by atoms with Gasteiger partial charge >= 0.3 is 0 Å². The van der Waals surface area contributed by atoms with E-state index in [1.165, 1.54) is 37.0 Å². The van der Waals surface area contributed by atoms with Gasteiger partial charge in [-0.3, -0.25) is 19.9 Å². The van der Waals surface area contributed by atoms with Crippen LogP contribution in [0.3, 0.4) is 0 Å². The van der Waals surface area contributed by atoms with Crippen LogP contribution in [0.5, 0.6) is 0 Å². The Balaban J connectivity index is 1.34. The molecule has 0 spiro atoms. The van der Waals surface area contributed by atoms with Gasteiger partial charge in [-0.05, 0) is 69.0 Å². The number of aliphatic imine (C=N–C) groups is 1. The minimum absolute atomic E-state index is 0.0349. The molecule has 38 heavy (non-hydrogen) atoms. The number of Topliss-reactive ketones (excluding diaryl/α,β-unsaturated/α-hetero) is 1. The van der Waals surface area contributed by atoms with E-state index >= 15 is 0 Å². The number of nitrogens with one attached hydrogen (secondary N) is 2. The summed E-state index contributed by atoms with van der Waals surface area (Å²) >= 11 is 1.40. The lowest BCUT2D eigenvalue weighted by molar-refractivity contribution is 0.102. The monoisotopic (exact) mass is 524 g/mol. The van der Waals surface area contributed by atoms with E-state index in [9.17, 15) is 4.79 Å². The summed E-state index contributed by atoms with van der Waals surface area (Å²) in [6.07, 6.45) is 11.0. The first-order chi connectivity index (χ1) is 18.4. The maximum atomic E-state index is 11.7. The number of allylic oxidation sites excluding steroid dienone is 1. The number of hydrogen-bond donors (Lipinski definition) is 2. The first kappa shape index (κ1) is 25.9. The largest absolute Gasteiger partial charge is 0.312 e. The molecule has 0 amide bonds. The Morgan fingerprint density at radius 1 is 1.11 bits per heavy atom. The van der Waals surface area contributed by atoms with Gasteiger partial charge in [0.2, 0.25) is 0 Å². The maximum Gasteiger partial charge on any atom is 0.181 e. The number of thiophene rings is 1. The van der Waals surface area contributed by atoms with E-state index in [0.717, 1.165) is 57.4 Å². The minimum atomic E-state index is 0.0349. The Bertz CT molecular complexity index is 1540. The van der Waals surface area contributed by atoms with Crippen LogP contribution in [-0.4, -0.2) is 38.2 Å². The average molecular weight is 525 g/mol. The van der Waals surface area contributed by atoms with Gasteiger partial charge in [-0.25, -0.2) is 4.98 Å². The van der Waals surface area contributed by atoms with Crippen LogP contribution in [-0.2, 0) is 6.54 Å². The SMILES string of the molecule is C=C(N=C(C)c1[nH]nc2ncc(-c3cncc(CNCC4CCCC4)c3)cc12)C(=C)c1ccc(C(C)=O)s1. The topological polar surface area (TPSA) is 95.9 Å². The van der Waals surface area contributed by atoms with E-state index in [4.69, 9.17) is 4.99 Å². The smallest absolute Gasteiger partial charge is 0.181 e. The normalized spacial score (nSPS) is 14.3. The molecule has 194 valence electrons. The Labute approximate surface area is 226 Å². The molecule has 1 aliphatic carbocycles. The van der Waals surface area contributed by atoms with Crippen molar-refractivity contribution in [1.82, 2.24) is 25.5 Å². The number of H-pyrrole nitrogens is 1. The highest BCUT2D eigenvalue weighted by atomic mass is 32.1. The summed E-state index contributed by atoms with van der Waals surface area (Å²) in [6.45, 7) is 13.6. The number of aromatic amines is 1. The molecule has 0 bridgehead atoms. The van der Waals surface area contributed by atoms with Crippen LogP contribution in [0, 0.1) is 5.92 Å². The predicted molar refractivity (Wildman–Crippen MR) is 155 cm³/mol. The number of hydrogen-bond acceptors (Lipinski definition) is 7. The van der Waals surface area contributed by atoms with Crippen molar-refractivity contribution in [1.29, 1.82) is 0 Å². The molecule has 8 heteroatoms. The maximum absolute atomic E-state index is 11.7. The first-order valence-corrected chi connectivity index (χ1v) is 13.7. The van der Waals surface area contributed by atoms with Gasteiger partial charge in [-0.15, -0.1) is 11.3 Å². The van der Waals surface area contributed by atoms with E-state index in [-0.39, 0.29) is 5.78 Å². The molecule has 0 radical (unpaired) electrons. The molecule has 1 saturated carbocycles. The van der Waals surface area contributed by atoms with E-state index in [1.54, 1.807) is 6.92 Å². The van der Waals surface area contributed by atoms with E-state index in [0.29, 0.717) is 21.8 Å². The third kappa shape index (κ3) is 5.71. The summed E-state index contributed by atoms with van der Waals surface area (Å²) in [5.41, 5.74) is 6.48. The highest BCUT2D eigenvalue weighted by molar-refractivity contribution is 7.15. The molecule has 7 nitrogen and oxygen atoms in total. The quantitative estimate of drug-likeness (QED) is 0.138. The number of carbonyl (C=O) groups excluding carboxylic acids is 1. The van der Waals surface area contributed by atoms with Gasteiger partial charge in [0.15, 0.2) is 11.4 Å². The number of rotatable bonds is 10. The molecular formula is C30H32N6OS. The second-order valence-corrected chi connectivity index (χ2v) is 11.0. The van der Waals surface area contributed by atoms with Gasteiger partial charge in [0.05, 0.1) is 22.0 Å². The zero-order valence-electron chi connectivity index (χ0n) is 21.9. The van der Waals surface area contributed by atoms with Crippen molar-refractivity contribution in [2.75, 3.05) is 6.54 Å². The zero-order chi connectivity index (χ0) is 26.6. The number of ketones is 1. The molecule has 5 rings (SSSR count). The first-order valence-electron chi connectivity index (χ1n) is 12.9. The molecule has 0 saturated heterocycles. The number of pyridine rings is 2. The van der Waals surface area contributed by atoms with E-state index in [1.807, 2.05) is 37.6 Å². The standard InChI is InChI=1S/C30H32N6OS/c1-18(27-9-10-28(38-27)21(4)37)19(2)34-20(3)29-26-12-25(17-33-30(26)36-35-29)24-11-23(15-32-16-24)14-31-13-22-7-5-6-8-22/h9-12,15-17,22,31H,1-2,5-8,13-14H2,3-4H3,(H,33,35,36). The van der Waals surface area contributed by atoms with Crippen molar-refractivity contribution in [3.8, 4) is 11.1 Å². The molecule has 0 aliphatic heterocycles. The second kappa shape index (κ2) is 11.3. The summed E-state index contributed by atoms with van der Waals surface area (Å²) in [6, 6.07) is 7.93. The minimum Gasteiger partial charge on any atom is -0.312 e. The van der Waals surface area contributed by atoms with Crippen LogP contribution in [0.2, 0.25) is 0 Å². The number of carbonyl (C=O) groups is 1. The Hall–Kier alpha value is -3.75. The number of aromatic nitrogens is 4. The third-order valence-electron chi connectivity index (χ3n) is 7.04. The lowest BCUT2D eigenvalue weighted by atomic mass is 10.1. The molecular weight excluding hydrogens is 492 g/mol. The second-order valence-electron chi connectivity index (χ2n) is 9.90. The Morgan fingerprint density at radius 2 is 1.87 bits per heavy atom. The van der Waals surface area contributed by atoms with Crippen molar-refractivity contribution in [2.24, 2.45) is 10.9 Å². The van der Waals surface area contributed by atoms with E-state index < -0.39 is 0 Å². The Morgan fingerprint density at radius 3 is 2.63 bits per heavy atom. The molecule has 0 unspecified atom stereocenters. The summed E-state index contributed by atoms with van der Waals surface area (Å²) in [7, 11) is 0. The fraction of sp³-hybridized carbons (Fsp3) is 0.300. The van der Waals surface area contributed by atoms with Crippen LogP contribution in [0.4, 0.5) is 0 Å². The third-order valence-corrected chi connectivity index (χ3v) is 8.28. The van der Waals surface area contributed by atoms with Gasteiger partial charge in [-0.1, -0.05) is 26.0 Å². The summed E-state index contributed by atoms with van der Waals surface area (Å²) < 4.78 is 0. The molecule has 4 aromatic rings. The van der Waals surface area contributed by atoms with Crippen LogP contribution >= 0.6 is 11.3 Å². The number of fused-ring (bicyclic) bond motifs is 1. The highest BCUT2D eigenvalue weighted by Crippen LogP contribution is 2.30. The van der Waals surface area contributed by atoms with Crippen LogP contribution < -0.4 is 5.32 Å². The molecule has 0 atom stereocenters. The van der Waals surface area contributed by atoms with Crippen LogP contribution in [0.15, 0.2) is 66.7 Å². The molecule has 2 N–H and O–H groups in total. The van der Waals surface area contributed by atoms with Crippen molar-refractivity contribution in [3.63, 3.8) is 0 Å². The average Bonchev–Trinajstić information content (AvgIpc) is 3.69. The molecule has 0 aromatic carbocycles. The zero-order valence-corrected chi connectivity index (χ0v) is 22.7. The van der Waals surface area contributed by atoms with Gasteiger partial charge < -0.3 is 5.32 Å². The van der Waals surface area contributed by atoms with Crippen LogP contribution in [0.1, 0.15) is 65.3 Å². The lowest BCUT2D eigenvalue weighted by Gasteiger charge is -2.11. The fourth-order valence-corrected chi connectivity index (χ4v) is 5.76. The molecule has 1 aliphatic rings. The van der Waals surface area contributed by atoms with Gasteiger partial charge in [-0.2, -0.15) is 5.10 Å². The van der Waals surface area contributed by atoms with Crippen molar-refractivity contribution in [2.45, 2.75) is 46.1 Å². The summed E-state index contributed by atoms with van der Waals surface area (Å²) in [4.78, 5) is 27.0. The Kier molecular flexibility index (Phi) is 7.72. The molecule has 1 fully saturated rings. The van der Waals surface area contributed by atoms with Gasteiger partial charge in [0.1, 0.15) is 0 Å². The molecule has 4 aromatic heterocycles. The van der Waals surface area contributed by atoms with Crippen LogP contribution in [0.25, 0.3) is 27.7 Å². The van der Waals surface area contributed by atoms with Gasteiger partial charge in [0, 0.05) is 52.1 Å². The number of nitrogens with zero attached hydrogens (tertiary/aromatic N) is 4. The summed E-state index contributed by atoms with van der Waals surface area (Å²) in [5.74, 6) is 0.839. The highest BCUT2D eigenvalue weighted by Gasteiger charge is 2.15. The fourth-order valence-electron chi connectivity index (χ4n) is 4.87. The van der Waals surface area contributed by atoms with Crippen molar-refractivity contribution < 1.29 is 4.79 Å². The van der Waals surface area contributed by atoms with Crippen molar-refractivity contribution >= 4 is 39.4 Å².